The smallest absolute Gasteiger partial charge is 0.233 e. The fraction of sp³-hybridized carbons (Fsp3) is 0.0370. The fourth-order valence-electron chi connectivity index (χ4n) is 2.70. The van der Waals surface area contributed by atoms with E-state index in [1.807, 2.05) is 24.3 Å². The number of rotatable bonds is 4. The molecule has 4 rings (SSSR count). The van der Waals surface area contributed by atoms with Gasteiger partial charge >= 0.3 is 0 Å². The number of hydrogen-bond donors (Lipinski definition) is 0. The summed E-state index contributed by atoms with van der Waals surface area (Å²) in [7, 11) is 0. The monoisotopic (exact) mass is 533 g/mol. The summed E-state index contributed by atoms with van der Waals surface area (Å²) < 4.78 is 0. The molecule has 151 valence electrons. The van der Waals surface area contributed by atoms with Crippen LogP contribution >= 0.6 is 0 Å². The van der Waals surface area contributed by atoms with Crippen molar-refractivity contribution in [2.24, 2.45) is 0 Å². The molecular formula is C27H24EuO2. The molecule has 1 radical (unpaired) electrons. The first-order chi connectivity index (χ1) is 13.8. The Labute approximate surface area is 219 Å². The van der Waals surface area contributed by atoms with E-state index in [0.717, 1.165) is 0 Å². The number of hydrogen-bond acceptors (Lipinski definition) is 2. The van der Waals surface area contributed by atoms with Crippen molar-refractivity contribution in [2.75, 3.05) is 0 Å². The second-order valence-corrected chi connectivity index (χ2v) is 6.12. The summed E-state index contributed by atoms with van der Waals surface area (Å²) in [4.78, 5) is 23.6. The number of ketones is 2. The van der Waals surface area contributed by atoms with Gasteiger partial charge in [0.05, 0.1) is 0 Å². The Balaban J connectivity index is 0.000000290. The topological polar surface area (TPSA) is 34.1 Å². The van der Waals surface area contributed by atoms with Gasteiger partial charge in [-0.2, -0.15) is 0 Å². The van der Waals surface area contributed by atoms with Crippen molar-refractivity contribution in [3.8, 4) is 11.1 Å². The third-order valence-corrected chi connectivity index (χ3v) is 4.16. The molecule has 0 saturated heterocycles. The molecule has 0 unspecified atom stereocenters. The zero-order chi connectivity index (χ0) is 19.6. The summed E-state index contributed by atoms with van der Waals surface area (Å²) in [6, 6.07) is 37.9. The molecular weight excluding hydrogens is 508 g/mol. The van der Waals surface area contributed by atoms with Crippen LogP contribution < -0.4 is 0 Å². The second kappa shape index (κ2) is 13.9. The van der Waals surface area contributed by atoms with Crippen LogP contribution in [0.4, 0.5) is 0 Å². The molecule has 0 amide bonds. The molecule has 0 heterocycles. The van der Waals surface area contributed by atoms with Crippen molar-refractivity contribution < 1.29 is 59.0 Å². The third-order valence-electron chi connectivity index (χ3n) is 4.16. The molecule has 0 N–H and O–H groups in total. The molecule has 0 atom stereocenters. The second-order valence-electron chi connectivity index (χ2n) is 6.12. The Morgan fingerprint density at radius 1 is 0.400 bits per heavy atom. The molecule has 0 aliphatic heterocycles. The van der Waals surface area contributed by atoms with Crippen LogP contribution in [0.3, 0.4) is 0 Å². The van der Waals surface area contributed by atoms with Crippen molar-refractivity contribution >= 4 is 11.6 Å². The maximum Gasteiger partial charge on any atom is 0.233 e. The van der Waals surface area contributed by atoms with Gasteiger partial charge in [0.15, 0.2) is 0 Å². The van der Waals surface area contributed by atoms with Gasteiger partial charge in [0, 0.05) is 60.5 Å². The van der Waals surface area contributed by atoms with Crippen molar-refractivity contribution in [1.82, 2.24) is 0 Å². The normalized spacial score (nSPS) is 9.07. The summed E-state index contributed by atoms with van der Waals surface area (Å²) in [6.07, 6.45) is 0. The van der Waals surface area contributed by atoms with Crippen molar-refractivity contribution in [1.29, 1.82) is 0 Å². The van der Waals surface area contributed by atoms with E-state index in [1.54, 1.807) is 48.5 Å². The summed E-state index contributed by atoms with van der Waals surface area (Å²) >= 11 is 0. The van der Waals surface area contributed by atoms with Crippen LogP contribution in [0.15, 0.2) is 121 Å². The molecule has 0 aliphatic carbocycles. The predicted octanol–water partition coefficient (Wildman–Crippen LogP) is 6.74. The van der Waals surface area contributed by atoms with Crippen LogP contribution in [-0.2, 0) is 0 Å². The van der Waals surface area contributed by atoms with Gasteiger partial charge < -0.3 is 0 Å². The Bertz CT molecular complexity index is 928. The van der Waals surface area contributed by atoms with Crippen LogP contribution in [0.25, 0.3) is 11.1 Å². The van der Waals surface area contributed by atoms with Gasteiger partial charge in [0.25, 0.3) is 0 Å². The standard InChI is InChI=1S/C14H10O2.C12H10.CH4.Eu/c15-13(11-7-3-1-4-8-11)14(16)12-9-5-2-6-10-12;1-3-7-11(8-4-1)12-9-5-2-6-10-12;;/h1-10H;1-10H;1H4;. The SMILES string of the molecule is C.O=C(C(=O)c1ccccc1)c1ccccc1.[Eu].c1ccc(-c2ccccc2)cc1. The van der Waals surface area contributed by atoms with Crippen LogP contribution in [0.1, 0.15) is 28.1 Å². The zero-order valence-electron chi connectivity index (χ0n) is 15.7. The van der Waals surface area contributed by atoms with E-state index in [-0.39, 0.29) is 56.8 Å². The van der Waals surface area contributed by atoms with E-state index >= 15 is 0 Å². The van der Waals surface area contributed by atoms with E-state index in [1.165, 1.54) is 11.1 Å². The minimum atomic E-state index is -0.466. The van der Waals surface area contributed by atoms with Gasteiger partial charge in [-0.25, -0.2) is 0 Å². The van der Waals surface area contributed by atoms with Crippen LogP contribution in [-0.4, -0.2) is 11.6 Å². The van der Waals surface area contributed by atoms with E-state index in [9.17, 15) is 9.59 Å². The minimum Gasteiger partial charge on any atom is -0.285 e. The molecule has 2 nitrogen and oxygen atoms in total. The van der Waals surface area contributed by atoms with Gasteiger partial charge in [-0.1, -0.05) is 129 Å². The zero-order valence-corrected chi connectivity index (χ0v) is 18.2. The molecule has 0 spiro atoms. The molecule has 4 aromatic carbocycles. The maximum atomic E-state index is 11.8. The number of Topliss-reactive ketones (excluding diaryl/α,β-unsaturated/α-hetero) is 2. The van der Waals surface area contributed by atoms with Crippen molar-refractivity contribution in [3.63, 3.8) is 0 Å². The average Bonchev–Trinajstić information content (AvgIpc) is 2.81. The number of benzene rings is 4. The average molecular weight is 532 g/mol. The molecule has 0 saturated carbocycles. The summed E-state index contributed by atoms with van der Waals surface area (Å²) in [5.74, 6) is -0.932. The molecule has 0 aromatic heterocycles. The van der Waals surface area contributed by atoms with Gasteiger partial charge in [-0.15, -0.1) is 0 Å². The first kappa shape index (κ1) is 25.8. The van der Waals surface area contributed by atoms with Gasteiger partial charge in [0.2, 0.25) is 11.6 Å². The summed E-state index contributed by atoms with van der Waals surface area (Å²) in [5.41, 5.74) is 3.41. The fourth-order valence-corrected chi connectivity index (χ4v) is 2.70. The van der Waals surface area contributed by atoms with E-state index in [0.29, 0.717) is 11.1 Å². The third kappa shape index (κ3) is 7.57. The van der Waals surface area contributed by atoms with Crippen LogP contribution in [0.5, 0.6) is 0 Å². The van der Waals surface area contributed by atoms with E-state index in [2.05, 4.69) is 48.5 Å². The van der Waals surface area contributed by atoms with Crippen LogP contribution in [0, 0.1) is 49.4 Å². The molecule has 4 aromatic rings. The molecule has 30 heavy (non-hydrogen) atoms. The van der Waals surface area contributed by atoms with Crippen molar-refractivity contribution in [2.45, 2.75) is 7.43 Å². The Kier molecular flexibility index (Phi) is 12.0. The minimum absolute atomic E-state index is 0. The molecule has 0 bridgehead atoms. The van der Waals surface area contributed by atoms with Crippen molar-refractivity contribution in [3.05, 3.63) is 132 Å². The number of carbonyl (C=O) groups excluding carboxylic acids is 2. The molecule has 0 fully saturated rings. The van der Waals surface area contributed by atoms with Crippen LogP contribution in [0.2, 0.25) is 0 Å². The Hall–Kier alpha value is -2.20. The quantitative estimate of drug-likeness (QED) is 0.216. The van der Waals surface area contributed by atoms with E-state index in [4.69, 9.17) is 0 Å². The van der Waals surface area contributed by atoms with Gasteiger partial charge in [-0.05, 0) is 11.1 Å². The maximum absolute atomic E-state index is 11.8. The van der Waals surface area contributed by atoms with E-state index < -0.39 is 11.6 Å². The number of carbonyl (C=O) groups is 2. The largest absolute Gasteiger partial charge is 0.285 e. The Morgan fingerprint density at radius 3 is 0.900 bits per heavy atom. The molecule has 3 heteroatoms. The summed E-state index contributed by atoms with van der Waals surface area (Å²) in [5, 5.41) is 0. The van der Waals surface area contributed by atoms with Gasteiger partial charge in [-0.3, -0.25) is 9.59 Å². The first-order valence-electron chi connectivity index (χ1n) is 9.05. The summed E-state index contributed by atoms with van der Waals surface area (Å²) in [6.45, 7) is 0. The predicted molar refractivity (Wildman–Crippen MR) is 120 cm³/mol. The molecule has 0 aliphatic rings. The van der Waals surface area contributed by atoms with Gasteiger partial charge in [0.1, 0.15) is 0 Å². The first-order valence-corrected chi connectivity index (χ1v) is 9.05. The Morgan fingerprint density at radius 2 is 0.633 bits per heavy atom.